The van der Waals surface area contributed by atoms with Crippen LogP contribution in [0.4, 0.5) is 5.13 Å². The van der Waals surface area contributed by atoms with Gasteiger partial charge in [0.2, 0.25) is 5.91 Å². The van der Waals surface area contributed by atoms with Crippen molar-refractivity contribution < 1.29 is 14.3 Å². The molecular formula is C25H28N2O3S. The molecule has 0 aliphatic rings. The number of hydrogen-bond acceptors (Lipinski definition) is 5. The molecule has 31 heavy (non-hydrogen) atoms. The quantitative estimate of drug-likeness (QED) is 0.278. The van der Waals surface area contributed by atoms with E-state index in [-0.39, 0.29) is 5.91 Å². The first-order valence-electron chi connectivity index (χ1n) is 10.6. The maximum Gasteiger partial charge on any atom is 0.250 e. The molecule has 0 radical (unpaired) electrons. The Morgan fingerprint density at radius 3 is 2.61 bits per heavy atom. The van der Waals surface area contributed by atoms with E-state index in [9.17, 15) is 4.79 Å². The lowest BCUT2D eigenvalue weighted by Crippen LogP contribution is -2.07. The fourth-order valence-electron chi connectivity index (χ4n) is 2.79. The second kappa shape index (κ2) is 11.9. The van der Waals surface area contributed by atoms with Gasteiger partial charge in [-0.1, -0.05) is 38.5 Å². The molecule has 1 amide bonds. The van der Waals surface area contributed by atoms with Crippen LogP contribution in [0.25, 0.3) is 17.3 Å². The lowest BCUT2D eigenvalue weighted by Gasteiger charge is -2.07. The highest BCUT2D eigenvalue weighted by Crippen LogP contribution is 2.27. The molecule has 162 valence electrons. The SMILES string of the molecule is CCCCOc1ccc(-c2csc(NC(=O)C=Cc3ccccc3OCCC)n2)cc1. The van der Waals surface area contributed by atoms with E-state index in [4.69, 9.17) is 9.47 Å². The van der Waals surface area contributed by atoms with Crippen molar-refractivity contribution in [2.75, 3.05) is 18.5 Å². The maximum atomic E-state index is 12.3. The van der Waals surface area contributed by atoms with Gasteiger partial charge in [0.15, 0.2) is 5.13 Å². The normalized spacial score (nSPS) is 10.9. The molecule has 0 saturated heterocycles. The predicted molar refractivity (Wildman–Crippen MR) is 128 cm³/mol. The van der Waals surface area contributed by atoms with Gasteiger partial charge in [0.1, 0.15) is 11.5 Å². The summed E-state index contributed by atoms with van der Waals surface area (Å²) in [6.07, 6.45) is 6.34. The van der Waals surface area contributed by atoms with Gasteiger partial charge in [0.05, 0.1) is 18.9 Å². The number of para-hydroxylation sites is 1. The number of carbonyl (C=O) groups excluding carboxylic acids is 1. The Hall–Kier alpha value is -3.12. The van der Waals surface area contributed by atoms with Crippen molar-refractivity contribution in [3.05, 3.63) is 65.6 Å². The van der Waals surface area contributed by atoms with Crippen LogP contribution >= 0.6 is 11.3 Å². The van der Waals surface area contributed by atoms with E-state index in [1.165, 1.54) is 17.4 Å². The van der Waals surface area contributed by atoms with Gasteiger partial charge in [-0.05, 0) is 49.2 Å². The van der Waals surface area contributed by atoms with Gasteiger partial charge in [-0.2, -0.15) is 0 Å². The Labute approximate surface area is 187 Å². The molecule has 1 aromatic heterocycles. The van der Waals surface area contributed by atoms with E-state index in [0.717, 1.165) is 54.2 Å². The van der Waals surface area contributed by atoms with E-state index in [0.29, 0.717) is 11.7 Å². The smallest absolute Gasteiger partial charge is 0.250 e. The van der Waals surface area contributed by atoms with Crippen LogP contribution < -0.4 is 14.8 Å². The average molecular weight is 437 g/mol. The number of aromatic nitrogens is 1. The summed E-state index contributed by atoms with van der Waals surface area (Å²) < 4.78 is 11.4. The number of benzene rings is 2. The van der Waals surface area contributed by atoms with Crippen LogP contribution in [0.1, 0.15) is 38.7 Å². The molecule has 6 heteroatoms. The minimum atomic E-state index is -0.231. The Bertz CT molecular complexity index is 996. The van der Waals surface area contributed by atoms with Gasteiger partial charge in [0.25, 0.3) is 0 Å². The maximum absolute atomic E-state index is 12.3. The van der Waals surface area contributed by atoms with Crippen LogP contribution in [0.5, 0.6) is 11.5 Å². The summed E-state index contributed by atoms with van der Waals surface area (Å²) in [4.78, 5) is 16.9. The van der Waals surface area contributed by atoms with Gasteiger partial charge < -0.3 is 9.47 Å². The monoisotopic (exact) mass is 436 g/mol. The Kier molecular flexibility index (Phi) is 8.67. The second-order valence-corrected chi connectivity index (χ2v) is 7.83. The largest absolute Gasteiger partial charge is 0.494 e. The lowest BCUT2D eigenvalue weighted by atomic mass is 10.2. The number of nitrogens with one attached hydrogen (secondary N) is 1. The fraction of sp³-hybridized carbons (Fsp3) is 0.280. The van der Waals surface area contributed by atoms with Crippen molar-refractivity contribution in [3.8, 4) is 22.8 Å². The van der Waals surface area contributed by atoms with Crippen molar-refractivity contribution in [2.45, 2.75) is 33.1 Å². The number of ether oxygens (including phenoxy) is 2. The van der Waals surface area contributed by atoms with Crippen LogP contribution in [-0.2, 0) is 4.79 Å². The molecule has 0 spiro atoms. The van der Waals surface area contributed by atoms with Gasteiger partial charge in [-0.15, -0.1) is 11.3 Å². The molecule has 0 fully saturated rings. The lowest BCUT2D eigenvalue weighted by molar-refractivity contribution is -0.111. The Morgan fingerprint density at radius 2 is 1.84 bits per heavy atom. The van der Waals surface area contributed by atoms with Crippen molar-refractivity contribution in [1.29, 1.82) is 0 Å². The summed E-state index contributed by atoms with van der Waals surface area (Å²) in [6, 6.07) is 15.5. The van der Waals surface area contributed by atoms with Crippen LogP contribution in [0.2, 0.25) is 0 Å². The zero-order valence-corrected chi connectivity index (χ0v) is 18.8. The molecule has 0 aliphatic heterocycles. The van der Waals surface area contributed by atoms with E-state index in [1.54, 1.807) is 6.08 Å². The van der Waals surface area contributed by atoms with Gasteiger partial charge in [0, 0.05) is 22.6 Å². The molecule has 0 unspecified atom stereocenters. The molecule has 0 saturated carbocycles. The van der Waals surface area contributed by atoms with Crippen LogP contribution in [0, 0.1) is 0 Å². The fourth-order valence-corrected chi connectivity index (χ4v) is 3.52. The van der Waals surface area contributed by atoms with Crippen molar-refractivity contribution in [2.24, 2.45) is 0 Å². The number of hydrogen-bond donors (Lipinski definition) is 1. The van der Waals surface area contributed by atoms with E-state index in [2.05, 4.69) is 24.1 Å². The van der Waals surface area contributed by atoms with Crippen LogP contribution in [-0.4, -0.2) is 24.1 Å². The average Bonchev–Trinajstić information content (AvgIpc) is 3.26. The molecule has 0 aliphatic carbocycles. The minimum absolute atomic E-state index is 0.231. The van der Waals surface area contributed by atoms with E-state index < -0.39 is 0 Å². The summed E-state index contributed by atoms with van der Waals surface area (Å²) in [5, 5.41) is 5.32. The van der Waals surface area contributed by atoms with Crippen LogP contribution in [0.15, 0.2) is 60.0 Å². The molecule has 0 bridgehead atoms. The summed E-state index contributed by atoms with van der Waals surface area (Å²) in [7, 11) is 0. The number of amides is 1. The number of thiazole rings is 1. The highest BCUT2D eigenvalue weighted by Gasteiger charge is 2.07. The molecule has 5 nitrogen and oxygen atoms in total. The summed E-state index contributed by atoms with van der Waals surface area (Å²) in [6.45, 7) is 5.57. The third-order valence-electron chi connectivity index (χ3n) is 4.45. The third kappa shape index (κ3) is 6.96. The molecule has 0 atom stereocenters. The number of nitrogens with zero attached hydrogens (tertiary/aromatic N) is 1. The first-order valence-corrected chi connectivity index (χ1v) is 11.5. The number of rotatable bonds is 11. The van der Waals surface area contributed by atoms with Crippen molar-refractivity contribution in [1.82, 2.24) is 4.98 Å². The number of carbonyl (C=O) groups is 1. The molecule has 1 N–H and O–H groups in total. The summed E-state index contributed by atoms with van der Waals surface area (Å²) in [5.74, 6) is 1.40. The van der Waals surface area contributed by atoms with E-state index in [1.807, 2.05) is 53.9 Å². The molecule has 3 aromatic rings. The highest BCUT2D eigenvalue weighted by atomic mass is 32.1. The summed E-state index contributed by atoms with van der Waals surface area (Å²) in [5.41, 5.74) is 2.67. The molecule has 2 aromatic carbocycles. The molecule has 3 rings (SSSR count). The first-order chi connectivity index (χ1) is 15.2. The molecular weight excluding hydrogens is 408 g/mol. The van der Waals surface area contributed by atoms with Crippen molar-refractivity contribution >= 4 is 28.5 Å². The predicted octanol–water partition coefficient (Wildman–Crippen LogP) is 6.43. The number of unbranched alkanes of at least 4 members (excludes halogenated alkanes) is 1. The van der Waals surface area contributed by atoms with Crippen LogP contribution in [0.3, 0.4) is 0 Å². The Morgan fingerprint density at radius 1 is 1.03 bits per heavy atom. The minimum Gasteiger partial charge on any atom is -0.494 e. The first kappa shape index (κ1) is 22.6. The molecule has 1 heterocycles. The summed E-state index contributed by atoms with van der Waals surface area (Å²) >= 11 is 1.40. The Balaban J connectivity index is 1.58. The van der Waals surface area contributed by atoms with E-state index >= 15 is 0 Å². The zero-order chi connectivity index (χ0) is 21.9. The highest BCUT2D eigenvalue weighted by molar-refractivity contribution is 7.14. The van der Waals surface area contributed by atoms with Crippen molar-refractivity contribution in [3.63, 3.8) is 0 Å². The second-order valence-electron chi connectivity index (χ2n) is 6.97. The zero-order valence-electron chi connectivity index (χ0n) is 18.0. The number of anilines is 1. The van der Waals surface area contributed by atoms with Gasteiger partial charge in [-0.25, -0.2) is 4.98 Å². The van der Waals surface area contributed by atoms with Gasteiger partial charge in [-0.3, -0.25) is 10.1 Å². The topological polar surface area (TPSA) is 60.5 Å². The standard InChI is InChI=1S/C25H28N2O3S/c1-3-5-17-29-21-13-10-19(11-14-21)22-18-31-25(26-22)27-24(28)15-12-20-8-6-7-9-23(20)30-16-4-2/h6-15,18H,3-5,16-17H2,1-2H3,(H,26,27,28). The third-order valence-corrected chi connectivity index (χ3v) is 5.20. The van der Waals surface area contributed by atoms with Gasteiger partial charge >= 0.3 is 0 Å².